The van der Waals surface area contributed by atoms with Crippen LogP contribution in [0.3, 0.4) is 0 Å². The van der Waals surface area contributed by atoms with Crippen LogP contribution in [0.2, 0.25) is 0 Å². The second kappa shape index (κ2) is 4.96. The zero-order valence-electron chi connectivity index (χ0n) is 19.3. The Bertz CT molecular complexity index is 1140. The van der Waals surface area contributed by atoms with Gasteiger partial charge in [0.25, 0.3) is 0 Å². The molecule has 170 valence electrons. The normalized spacial score (nSPS) is 51.9. The van der Waals surface area contributed by atoms with Crippen molar-refractivity contribution in [2.75, 3.05) is 0 Å². The van der Waals surface area contributed by atoms with Crippen LogP contribution in [0.5, 0.6) is 0 Å². The molecule has 0 N–H and O–H groups in total. The Labute approximate surface area is 186 Å². The molecule has 6 aliphatic rings. The highest BCUT2D eigenvalue weighted by molar-refractivity contribution is 6.13. The molecule has 3 aliphatic carbocycles. The van der Waals surface area contributed by atoms with Crippen molar-refractivity contribution in [3.05, 3.63) is 23.3 Å². The summed E-state index contributed by atoms with van der Waals surface area (Å²) >= 11 is 0. The van der Waals surface area contributed by atoms with Gasteiger partial charge in [-0.3, -0.25) is 19.2 Å². The molecule has 0 aromatic carbocycles. The Kier molecular flexibility index (Phi) is 3.15. The number of hydrogen-bond acceptors (Lipinski definition) is 7. The van der Waals surface area contributed by atoms with E-state index in [-0.39, 0.29) is 24.4 Å². The number of ether oxygens (including phenoxy) is 3. The van der Waals surface area contributed by atoms with E-state index >= 15 is 0 Å². The minimum absolute atomic E-state index is 0.0573. The average Bonchev–Trinajstić information content (AvgIpc) is 2.97. The van der Waals surface area contributed by atoms with Crippen LogP contribution >= 0.6 is 0 Å². The smallest absolute Gasteiger partial charge is 0.320 e. The topological polar surface area (TPSA) is 96.0 Å². The number of carbonyl (C=O) groups excluding carboxylic acids is 4. The van der Waals surface area contributed by atoms with Crippen LogP contribution in [0.1, 0.15) is 60.8 Å². The molecule has 6 rings (SSSR count). The molecule has 4 fully saturated rings. The zero-order chi connectivity index (χ0) is 23.4. The Morgan fingerprint density at radius 2 is 1.78 bits per heavy atom. The van der Waals surface area contributed by atoms with Gasteiger partial charge < -0.3 is 14.2 Å². The number of hydrogen-bond donors (Lipinski definition) is 0. The van der Waals surface area contributed by atoms with Crippen molar-refractivity contribution in [3.8, 4) is 0 Å². The molecule has 0 aromatic heterocycles. The highest BCUT2D eigenvalue weighted by Gasteiger charge is 2.94. The van der Waals surface area contributed by atoms with E-state index in [4.69, 9.17) is 14.2 Å². The molecule has 0 aromatic rings. The molecule has 0 amide bonds. The molecular weight excluding hydrogens is 412 g/mol. The van der Waals surface area contributed by atoms with Gasteiger partial charge in [0.05, 0.1) is 23.4 Å². The Balaban J connectivity index is 1.83. The van der Waals surface area contributed by atoms with E-state index < -0.39 is 57.0 Å². The van der Waals surface area contributed by atoms with Crippen molar-refractivity contribution < 1.29 is 33.4 Å². The molecule has 7 nitrogen and oxygen atoms in total. The molecular formula is C25H28O7. The maximum Gasteiger partial charge on any atom is 0.320 e. The van der Waals surface area contributed by atoms with Crippen molar-refractivity contribution in [1.82, 2.24) is 0 Å². The lowest BCUT2D eigenvalue weighted by atomic mass is 9.34. The van der Waals surface area contributed by atoms with E-state index in [1.165, 1.54) is 6.92 Å². The average molecular weight is 440 g/mol. The molecule has 7 heteroatoms. The van der Waals surface area contributed by atoms with Gasteiger partial charge in [0.1, 0.15) is 22.9 Å². The number of fused-ring (bicyclic) bond motifs is 4. The molecule has 4 bridgehead atoms. The maximum absolute atomic E-state index is 14.3. The molecule has 0 unspecified atom stereocenters. The number of carbonyl (C=O) groups is 4. The predicted octanol–water partition coefficient (Wildman–Crippen LogP) is 2.61. The Hall–Kier alpha value is -2.28. The van der Waals surface area contributed by atoms with Crippen LogP contribution in [0, 0.1) is 21.7 Å². The van der Waals surface area contributed by atoms with Gasteiger partial charge in [-0.15, -0.1) is 0 Å². The first-order valence-electron chi connectivity index (χ1n) is 11.3. The third kappa shape index (κ3) is 1.48. The molecule has 2 saturated carbocycles. The number of cyclic esters (lactones) is 2. The lowest BCUT2D eigenvalue weighted by Crippen LogP contribution is -2.75. The van der Waals surface area contributed by atoms with E-state index in [9.17, 15) is 19.2 Å². The minimum atomic E-state index is -1.55. The standard InChI is InChI=1S/C25H28O7/c1-11-21(6)10-23(12(2)26)14-8-16(27)32-20(4,5)17(14)15-9-22(23,7)24(11)19(29)30-13(3)25(24,31-15)18(21)28/h13,15H,1,8-10H2,2-7H3/t13-,15+,21+,22-,23-,24-,25+/m0/s1. The molecule has 7 atom stereocenters. The quantitative estimate of drug-likeness (QED) is 0.457. The van der Waals surface area contributed by atoms with Crippen molar-refractivity contribution >= 4 is 23.5 Å². The Morgan fingerprint density at radius 3 is 2.41 bits per heavy atom. The van der Waals surface area contributed by atoms with Crippen molar-refractivity contribution in [3.63, 3.8) is 0 Å². The van der Waals surface area contributed by atoms with E-state index in [1.807, 2.05) is 6.92 Å². The maximum atomic E-state index is 14.3. The SMILES string of the molecule is C=C1[C@@]2(C)C[C@]3(C(C)=O)C4=C([C@H]5C[C@]3(C)[C@@]13C(=O)O[C@@H](C)[C@@]3(O5)C2=O)C(C)(C)OC(=O)C4. The summed E-state index contributed by atoms with van der Waals surface area (Å²) in [6.45, 7) is 14.8. The van der Waals surface area contributed by atoms with Gasteiger partial charge in [0, 0.05) is 11.0 Å². The number of ketones is 2. The monoisotopic (exact) mass is 440 g/mol. The summed E-state index contributed by atoms with van der Waals surface area (Å²) in [4.78, 5) is 54.6. The predicted molar refractivity (Wildman–Crippen MR) is 110 cm³/mol. The lowest BCUT2D eigenvalue weighted by molar-refractivity contribution is -0.244. The summed E-state index contributed by atoms with van der Waals surface area (Å²) in [5.74, 6) is -1.35. The zero-order valence-corrected chi connectivity index (χ0v) is 19.3. The van der Waals surface area contributed by atoms with Gasteiger partial charge in [-0.1, -0.05) is 13.5 Å². The molecule has 3 heterocycles. The summed E-state index contributed by atoms with van der Waals surface area (Å²) in [6.07, 6.45) is -0.933. The fourth-order valence-electron chi connectivity index (χ4n) is 9.12. The van der Waals surface area contributed by atoms with E-state index in [2.05, 4.69) is 6.58 Å². The van der Waals surface area contributed by atoms with Gasteiger partial charge in [-0.25, -0.2) is 0 Å². The highest BCUT2D eigenvalue weighted by atomic mass is 16.6. The molecule has 3 aliphatic heterocycles. The Morgan fingerprint density at radius 1 is 1.12 bits per heavy atom. The largest absolute Gasteiger partial charge is 0.458 e. The van der Waals surface area contributed by atoms with Crippen LogP contribution in [-0.2, 0) is 33.4 Å². The molecule has 0 radical (unpaired) electrons. The van der Waals surface area contributed by atoms with Crippen molar-refractivity contribution in [2.24, 2.45) is 21.7 Å². The van der Waals surface area contributed by atoms with Gasteiger partial charge in [-0.2, -0.15) is 0 Å². The third-order valence-corrected chi connectivity index (χ3v) is 10.1. The fourth-order valence-corrected chi connectivity index (χ4v) is 9.12. The molecule has 32 heavy (non-hydrogen) atoms. The number of Topliss-reactive ketones (excluding diaryl/α,β-unsaturated/α-hetero) is 2. The summed E-state index contributed by atoms with van der Waals surface area (Å²) < 4.78 is 18.2. The summed E-state index contributed by atoms with van der Waals surface area (Å²) in [6, 6.07) is 0. The third-order valence-electron chi connectivity index (χ3n) is 10.1. The van der Waals surface area contributed by atoms with Gasteiger partial charge in [0.2, 0.25) is 0 Å². The van der Waals surface area contributed by atoms with Crippen molar-refractivity contribution in [1.29, 1.82) is 0 Å². The molecule has 1 spiro atoms. The van der Waals surface area contributed by atoms with Crippen molar-refractivity contribution in [2.45, 2.75) is 84.2 Å². The lowest BCUT2D eigenvalue weighted by Gasteiger charge is -2.68. The van der Waals surface area contributed by atoms with Gasteiger partial charge in [0.15, 0.2) is 11.4 Å². The summed E-state index contributed by atoms with van der Waals surface area (Å²) in [7, 11) is 0. The fraction of sp³-hybridized carbons (Fsp3) is 0.680. The van der Waals surface area contributed by atoms with Gasteiger partial charge in [-0.05, 0) is 58.6 Å². The van der Waals surface area contributed by atoms with Crippen LogP contribution < -0.4 is 0 Å². The van der Waals surface area contributed by atoms with Crippen LogP contribution in [0.25, 0.3) is 0 Å². The van der Waals surface area contributed by atoms with Gasteiger partial charge >= 0.3 is 11.9 Å². The summed E-state index contributed by atoms with van der Waals surface area (Å²) in [5, 5.41) is 0. The second-order valence-electron chi connectivity index (χ2n) is 11.5. The van der Waals surface area contributed by atoms with E-state index in [0.29, 0.717) is 17.6 Å². The molecule has 2 saturated heterocycles. The van der Waals surface area contributed by atoms with Crippen LogP contribution in [0.15, 0.2) is 23.3 Å². The first-order chi connectivity index (χ1) is 14.7. The highest BCUT2D eigenvalue weighted by Crippen LogP contribution is 2.85. The first-order valence-corrected chi connectivity index (χ1v) is 11.3. The summed E-state index contributed by atoms with van der Waals surface area (Å²) in [5.41, 5.74) is -5.48. The van der Waals surface area contributed by atoms with E-state index in [0.717, 1.165) is 5.57 Å². The van der Waals surface area contributed by atoms with Crippen LogP contribution in [0.4, 0.5) is 0 Å². The van der Waals surface area contributed by atoms with Crippen LogP contribution in [-0.4, -0.2) is 46.9 Å². The first kappa shape index (κ1) is 20.3. The second-order valence-corrected chi connectivity index (χ2v) is 11.5. The number of rotatable bonds is 1. The minimum Gasteiger partial charge on any atom is -0.458 e. The van der Waals surface area contributed by atoms with E-state index in [1.54, 1.807) is 27.7 Å². The number of esters is 2.